The SMILES string of the molecule is C[C@]12C=CC(=O)C=C1CC[C@H]1[C@H]2[C@@H](O)C[C@@]2(C)[C@@H]1CC[C@@]2(O)C(=O)COC(=O)CCC(=O)NCc1ccsc1. The van der Waals surface area contributed by atoms with Crippen LogP contribution in [-0.2, 0) is 30.5 Å². The van der Waals surface area contributed by atoms with Gasteiger partial charge in [0, 0.05) is 29.7 Å². The molecule has 1 heterocycles. The lowest BCUT2D eigenvalue weighted by atomic mass is 9.46. The molecule has 8 nitrogen and oxygen atoms in total. The number of amides is 1. The molecule has 0 unspecified atom stereocenters. The van der Waals surface area contributed by atoms with Gasteiger partial charge in [-0.2, -0.15) is 11.3 Å². The summed E-state index contributed by atoms with van der Waals surface area (Å²) in [5.74, 6) is -1.51. The smallest absolute Gasteiger partial charge is 0.306 e. The highest BCUT2D eigenvalue weighted by Crippen LogP contribution is 2.67. The van der Waals surface area contributed by atoms with E-state index in [0.717, 1.165) is 24.0 Å². The van der Waals surface area contributed by atoms with E-state index in [1.54, 1.807) is 12.2 Å². The fraction of sp³-hybridized carbons (Fsp3) is 0.600. The summed E-state index contributed by atoms with van der Waals surface area (Å²) in [4.78, 5) is 49.7. The molecule has 9 heteroatoms. The second-order valence-electron chi connectivity index (χ2n) is 12.1. The van der Waals surface area contributed by atoms with Crippen LogP contribution < -0.4 is 5.32 Å². The number of carbonyl (C=O) groups excluding carboxylic acids is 4. The van der Waals surface area contributed by atoms with Gasteiger partial charge in [-0.15, -0.1) is 0 Å². The Morgan fingerprint density at radius 2 is 2.00 bits per heavy atom. The Morgan fingerprint density at radius 1 is 1.21 bits per heavy atom. The van der Waals surface area contributed by atoms with Gasteiger partial charge in [0.05, 0.1) is 12.5 Å². The van der Waals surface area contributed by atoms with E-state index in [0.29, 0.717) is 13.0 Å². The van der Waals surface area contributed by atoms with Gasteiger partial charge in [-0.3, -0.25) is 19.2 Å². The number of Topliss-reactive ketones (excluding diaryl/α,β-unsaturated/α-hetero) is 1. The maximum Gasteiger partial charge on any atom is 0.306 e. The average Bonchev–Trinajstić information content (AvgIpc) is 3.51. The Morgan fingerprint density at radius 3 is 2.74 bits per heavy atom. The Balaban J connectivity index is 1.19. The van der Waals surface area contributed by atoms with Crippen molar-refractivity contribution in [2.45, 2.75) is 77.0 Å². The third-order valence-corrected chi connectivity index (χ3v) is 10.8. The fourth-order valence-electron chi connectivity index (χ4n) is 8.02. The van der Waals surface area contributed by atoms with E-state index in [2.05, 4.69) is 12.2 Å². The van der Waals surface area contributed by atoms with E-state index in [-0.39, 0.29) is 55.1 Å². The van der Waals surface area contributed by atoms with Crippen molar-refractivity contribution in [3.63, 3.8) is 0 Å². The summed E-state index contributed by atoms with van der Waals surface area (Å²) in [5, 5.41) is 29.8. The maximum absolute atomic E-state index is 13.4. The summed E-state index contributed by atoms with van der Waals surface area (Å²) < 4.78 is 5.20. The summed E-state index contributed by atoms with van der Waals surface area (Å²) in [6.07, 6.45) is 6.94. The number of esters is 1. The molecule has 4 aliphatic carbocycles. The number of thiophene rings is 1. The number of allylic oxidation sites excluding steroid dienone is 4. The quantitative estimate of drug-likeness (QED) is 0.420. The molecule has 0 aromatic carbocycles. The molecule has 0 spiro atoms. The van der Waals surface area contributed by atoms with Crippen LogP contribution in [-0.4, -0.2) is 52.0 Å². The van der Waals surface area contributed by atoms with E-state index < -0.39 is 40.9 Å². The molecule has 3 fully saturated rings. The van der Waals surface area contributed by atoms with E-state index in [1.807, 2.05) is 29.8 Å². The minimum Gasteiger partial charge on any atom is -0.458 e. The number of rotatable bonds is 8. The Hall–Kier alpha value is -2.62. The minimum absolute atomic E-state index is 0.0203. The van der Waals surface area contributed by atoms with Crippen molar-refractivity contribution in [2.24, 2.45) is 28.6 Å². The van der Waals surface area contributed by atoms with Crippen LogP contribution in [0.2, 0.25) is 0 Å². The standard InChI is InChI=1S/C30H37NO7S/c1-28-10-7-20(32)13-19(28)3-4-21-22-8-11-30(37,29(22,2)14-23(33)27(21)28)24(34)16-38-26(36)6-5-25(35)31-15-18-9-12-39-17-18/h7,9-10,12-13,17,21-23,27,33,37H,3-6,8,11,14-16H2,1-2H3,(H,31,35)/t21-,22-,23+,27+,28+,29+,30-/m1/s1. The predicted octanol–water partition coefficient (Wildman–Crippen LogP) is 3.27. The molecule has 0 bridgehead atoms. The second kappa shape index (κ2) is 10.4. The third kappa shape index (κ3) is 4.83. The molecule has 4 aliphatic rings. The highest BCUT2D eigenvalue weighted by Gasteiger charge is 2.68. The topological polar surface area (TPSA) is 130 Å². The highest BCUT2D eigenvalue weighted by molar-refractivity contribution is 7.07. The van der Waals surface area contributed by atoms with Gasteiger partial charge in [0.2, 0.25) is 11.7 Å². The van der Waals surface area contributed by atoms with E-state index in [4.69, 9.17) is 4.74 Å². The molecule has 210 valence electrons. The number of hydrogen-bond acceptors (Lipinski definition) is 8. The van der Waals surface area contributed by atoms with Crippen molar-refractivity contribution >= 4 is 34.8 Å². The summed E-state index contributed by atoms with van der Waals surface area (Å²) >= 11 is 1.54. The number of hydrogen-bond donors (Lipinski definition) is 3. The van der Waals surface area contributed by atoms with Gasteiger partial charge in [0.1, 0.15) is 5.60 Å². The van der Waals surface area contributed by atoms with Crippen LogP contribution in [0.4, 0.5) is 0 Å². The van der Waals surface area contributed by atoms with Crippen LogP contribution in [0.15, 0.2) is 40.6 Å². The van der Waals surface area contributed by atoms with Crippen LogP contribution in [0.1, 0.15) is 64.4 Å². The molecular weight excluding hydrogens is 518 g/mol. The first kappa shape index (κ1) is 27.9. The van der Waals surface area contributed by atoms with Gasteiger partial charge < -0.3 is 20.3 Å². The van der Waals surface area contributed by atoms with Crippen molar-refractivity contribution in [1.29, 1.82) is 0 Å². The van der Waals surface area contributed by atoms with Gasteiger partial charge in [0.15, 0.2) is 12.4 Å². The van der Waals surface area contributed by atoms with E-state index in [9.17, 15) is 29.4 Å². The Labute approximate surface area is 232 Å². The van der Waals surface area contributed by atoms with Crippen molar-refractivity contribution in [2.75, 3.05) is 6.61 Å². The van der Waals surface area contributed by atoms with Crippen LogP contribution in [0.25, 0.3) is 0 Å². The predicted molar refractivity (Wildman–Crippen MR) is 144 cm³/mol. The maximum atomic E-state index is 13.4. The van der Waals surface area contributed by atoms with Gasteiger partial charge in [-0.05, 0) is 78.5 Å². The molecule has 0 saturated heterocycles. The number of aliphatic hydroxyl groups excluding tert-OH is 1. The summed E-state index contributed by atoms with van der Waals surface area (Å²) in [6.45, 7) is 3.80. The molecule has 1 aromatic heterocycles. The number of aliphatic hydroxyl groups is 2. The molecule has 39 heavy (non-hydrogen) atoms. The van der Waals surface area contributed by atoms with Crippen molar-refractivity contribution in [1.82, 2.24) is 5.32 Å². The van der Waals surface area contributed by atoms with Gasteiger partial charge in [-0.25, -0.2) is 0 Å². The molecule has 5 rings (SSSR count). The van der Waals surface area contributed by atoms with Gasteiger partial charge >= 0.3 is 5.97 Å². The van der Waals surface area contributed by atoms with Crippen LogP contribution in [0, 0.1) is 28.6 Å². The monoisotopic (exact) mass is 555 g/mol. The van der Waals surface area contributed by atoms with Gasteiger partial charge in [-0.1, -0.05) is 25.5 Å². The lowest BCUT2D eigenvalue weighted by Crippen LogP contribution is -2.61. The number of carbonyl (C=O) groups is 4. The summed E-state index contributed by atoms with van der Waals surface area (Å²) in [5.41, 5.74) is -0.952. The summed E-state index contributed by atoms with van der Waals surface area (Å²) in [7, 11) is 0. The summed E-state index contributed by atoms with van der Waals surface area (Å²) in [6, 6.07) is 1.91. The van der Waals surface area contributed by atoms with E-state index >= 15 is 0 Å². The van der Waals surface area contributed by atoms with Crippen LogP contribution in [0.3, 0.4) is 0 Å². The number of ether oxygens (including phenoxy) is 1. The first-order valence-electron chi connectivity index (χ1n) is 13.8. The first-order valence-corrected chi connectivity index (χ1v) is 14.7. The number of nitrogens with one attached hydrogen (secondary N) is 1. The van der Waals surface area contributed by atoms with Crippen LogP contribution >= 0.6 is 11.3 Å². The van der Waals surface area contributed by atoms with Crippen molar-refractivity contribution < 1.29 is 34.1 Å². The number of ketones is 2. The zero-order valence-corrected chi connectivity index (χ0v) is 23.3. The van der Waals surface area contributed by atoms with Crippen LogP contribution in [0.5, 0.6) is 0 Å². The normalized spacial score (nSPS) is 36.8. The highest BCUT2D eigenvalue weighted by atomic mass is 32.1. The average molecular weight is 556 g/mol. The van der Waals surface area contributed by atoms with Crippen molar-refractivity contribution in [3.8, 4) is 0 Å². The zero-order chi connectivity index (χ0) is 28.0. The largest absolute Gasteiger partial charge is 0.458 e. The molecule has 3 N–H and O–H groups in total. The lowest BCUT2D eigenvalue weighted by molar-refractivity contribution is -0.181. The second-order valence-corrected chi connectivity index (χ2v) is 12.9. The molecular formula is C30H37NO7S. The molecule has 0 radical (unpaired) electrons. The fourth-order valence-corrected chi connectivity index (χ4v) is 8.69. The van der Waals surface area contributed by atoms with Gasteiger partial charge in [0.25, 0.3) is 0 Å². The van der Waals surface area contributed by atoms with E-state index in [1.165, 1.54) is 11.3 Å². The molecule has 1 aromatic rings. The van der Waals surface area contributed by atoms with Crippen molar-refractivity contribution in [3.05, 3.63) is 46.2 Å². The first-order chi connectivity index (χ1) is 18.5. The molecule has 1 amide bonds. The minimum atomic E-state index is -1.71. The Kier molecular flexibility index (Phi) is 7.45. The molecule has 3 saturated carbocycles. The zero-order valence-electron chi connectivity index (χ0n) is 22.5. The molecule has 7 atom stereocenters. The molecule has 0 aliphatic heterocycles. The third-order valence-electron chi connectivity index (χ3n) is 10.1. The Bertz CT molecular complexity index is 1220. The lowest BCUT2D eigenvalue weighted by Gasteiger charge is -2.59. The number of fused-ring (bicyclic) bond motifs is 5.